The van der Waals surface area contributed by atoms with Crippen molar-refractivity contribution in [1.82, 2.24) is 4.98 Å². The van der Waals surface area contributed by atoms with Crippen LogP contribution in [-0.4, -0.2) is 13.4 Å². The summed E-state index contributed by atoms with van der Waals surface area (Å²) < 4.78 is 55.1. The number of rotatable bonds is 4. The van der Waals surface area contributed by atoms with Gasteiger partial charge in [-0.25, -0.2) is 22.2 Å². The lowest BCUT2D eigenvalue weighted by Crippen LogP contribution is -2.18. The van der Waals surface area contributed by atoms with Gasteiger partial charge in [0.1, 0.15) is 22.7 Å². The fourth-order valence-electron chi connectivity index (χ4n) is 2.74. The van der Waals surface area contributed by atoms with Gasteiger partial charge in [-0.2, -0.15) is 5.26 Å². The van der Waals surface area contributed by atoms with E-state index in [0.717, 1.165) is 24.4 Å². The number of nitrogens with zero attached hydrogens (tertiary/aromatic N) is 2. The van der Waals surface area contributed by atoms with Crippen LogP contribution in [0, 0.1) is 23.0 Å². The maximum absolute atomic E-state index is 14.5. The zero-order valence-corrected chi connectivity index (χ0v) is 15.7. The molecule has 0 aliphatic carbocycles. The van der Waals surface area contributed by atoms with Crippen LogP contribution in [0.4, 0.5) is 14.6 Å². The van der Waals surface area contributed by atoms with Crippen molar-refractivity contribution in [1.29, 1.82) is 5.26 Å². The van der Waals surface area contributed by atoms with Crippen molar-refractivity contribution < 1.29 is 17.2 Å². The van der Waals surface area contributed by atoms with Crippen LogP contribution in [0.1, 0.15) is 21.9 Å². The largest absolute Gasteiger partial charge is 0.384 e. The normalized spacial score (nSPS) is 12.4. The van der Waals surface area contributed by atoms with E-state index in [4.69, 9.17) is 22.6 Å². The monoisotopic (exact) mass is 419 g/mol. The third-order valence-electron chi connectivity index (χ3n) is 4.05. The lowest BCUT2D eigenvalue weighted by molar-refractivity contribution is 0.569. The first kappa shape index (κ1) is 19.7. The molecule has 1 atom stereocenters. The van der Waals surface area contributed by atoms with Crippen LogP contribution in [0.5, 0.6) is 0 Å². The topological polar surface area (TPSA) is 96.8 Å². The quantitative estimate of drug-likeness (QED) is 0.688. The molecule has 0 saturated heterocycles. The van der Waals surface area contributed by atoms with Crippen molar-refractivity contribution >= 4 is 27.3 Å². The molecule has 1 aromatic heterocycles. The second-order valence-electron chi connectivity index (χ2n) is 5.86. The molecular weight excluding hydrogens is 408 g/mol. The van der Waals surface area contributed by atoms with Gasteiger partial charge in [-0.15, -0.1) is 0 Å². The van der Waals surface area contributed by atoms with Crippen LogP contribution in [0.2, 0.25) is 5.02 Å². The van der Waals surface area contributed by atoms with E-state index in [2.05, 4.69) is 4.98 Å². The SMILES string of the molecule is N#Cc1ccc(S(=O)(=O)C(c2cc(F)ccc2F)c2cc(N)ncc2Cl)cc1. The van der Waals surface area contributed by atoms with E-state index in [9.17, 15) is 17.2 Å². The molecule has 0 saturated carbocycles. The number of sulfone groups is 1. The summed E-state index contributed by atoms with van der Waals surface area (Å²) in [5.41, 5.74) is 5.45. The highest BCUT2D eigenvalue weighted by Gasteiger charge is 2.35. The number of anilines is 1. The Balaban J connectivity index is 2.31. The first-order chi connectivity index (χ1) is 13.2. The van der Waals surface area contributed by atoms with E-state index in [0.29, 0.717) is 0 Å². The molecule has 2 N–H and O–H groups in total. The van der Waals surface area contributed by atoms with Crippen molar-refractivity contribution in [3.63, 3.8) is 0 Å². The average molecular weight is 420 g/mol. The van der Waals surface area contributed by atoms with Crippen molar-refractivity contribution in [2.75, 3.05) is 5.73 Å². The van der Waals surface area contributed by atoms with E-state index in [1.54, 1.807) is 0 Å². The lowest BCUT2D eigenvalue weighted by atomic mass is 10.0. The highest BCUT2D eigenvalue weighted by atomic mass is 35.5. The van der Waals surface area contributed by atoms with Gasteiger partial charge in [-0.1, -0.05) is 11.6 Å². The van der Waals surface area contributed by atoms with Crippen molar-refractivity contribution in [3.05, 3.63) is 88.1 Å². The molecule has 1 unspecified atom stereocenters. The van der Waals surface area contributed by atoms with Gasteiger partial charge in [-0.05, 0) is 54.1 Å². The number of pyridine rings is 1. The summed E-state index contributed by atoms with van der Waals surface area (Å²) in [6.07, 6.45) is 1.14. The second-order valence-corrected chi connectivity index (χ2v) is 8.30. The van der Waals surface area contributed by atoms with Crippen molar-refractivity contribution in [2.24, 2.45) is 0 Å². The second kappa shape index (κ2) is 7.54. The molecule has 28 heavy (non-hydrogen) atoms. The standard InChI is InChI=1S/C19H12ClF2N3O2S/c20-16-10-25-18(24)8-14(16)19(15-7-12(21)3-6-17(15)22)28(26,27)13-4-1-11(9-23)2-5-13/h1-8,10,19H,(H2,24,25). The summed E-state index contributed by atoms with van der Waals surface area (Å²) >= 11 is 6.13. The zero-order chi connectivity index (χ0) is 20.5. The number of halogens is 3. The maximum Gasteiger partial charge on any atom is 0.189 e. The van der Waals surface area contributed by atoms with E-state index in [1.807, 2.05) is 6.07 Å². The summed E-state index contributed by atoms with van der Waals surface area (Å²) in [5, 5.41) is 7.16. The molecule has 0 spiro atoms. The van der Waals surface area contributed by atoms with Crippen LogP contribution >= 0.6 is 11.6 Å². The summed E-state index contributed by atoms with van der Waals surface area (Å²) in [7, 11) is -4.29. The zero-order valence-electron chi connectivity index (χ0n) is 14.1. The van der Waals surface area contributed by atoms with Gasteiger partial charge in [0, 0.05) is 11.8 Å². The Kier molecular flexibility index (Phi) is 5.31. The highest BCUT2D eigenvalue weighted by Crippen LogP contribution is 2.40. The summed E-state index contributed by atoms with van der Waals surface area (Å²) in [4.78, 5) is 3.59. The predicted molar refractivity (Wildman–Crippen MR) is 100 cm³/mol. The number of hydrogen-bond acceptors (Lipinski definition) is 5. The number of nitriles is 1. The number of hydrogen-bond donors (Lipinski definition) is 1. The molecular formula is C19H12ClF2N3O2S. The van der Waals surface area contributed by atoms with Crippen LogP contribution < -0.4 is 5.73 Å². The molecule has 3 aromatic rings. The Labute approximate surface area is 164 Å². The van der Waals surface area contributed by atoms with Crippen molar-refractivity contribution in [2.45, 2.75) is 10.1 Å². The molecule has 0 aliphatic heterocycles. The lowest BCUT2D eigenvalue weighted by Gasteiger charge is -2.21. The fraction of sp³-hybridized carbons (Fsp3) is 0.0526. The Morgan fingerprint density at radius 3 is 2.39 bits per heavy atom. The van der Waals surface area contributed by atoms with Gasteiger partial charge < -0.3 is 5.73 Å². The van der Waals surface area contributed by atoms with Crippen LogP contribution in [-0.2, 0) is 9.84 Å². The maximum atomic E-state index is 14.5. The summed E-state index contributed by atoms with van der Waals surface area (Å²) in [6, 6.07) is 10.7. The molecule has 5 nitrogen and oxygen atoms in total. The minimum Gasteiger partial charge on any atom is -0.384 e. The molecule has 0 amide bonds. The number of aromatic nitrogens is 1. The molecule has 0 bridgehead atoms. The number of nitrogens with two attached hydrogens (primary N) is 1. The van der Waals surface area contributed by atoms with Crippen LogP contribution in [0.15, 0.2) is 59.6 Å². The first-order valence-corrected chi connectivity index (χ1v) is 9.76. The smallest absolute Gasteiger partial charge is 0.189 e. The number of benzene rings is 2. The van der Waals surface area contributed by atoms with Crippen LogP contribution in [0.3, 0.4) is 0 Å². The van der Waals surface area contributed by atoms with E-state index in [1.165, 1.54) is 30.3 Å². The summed E-state index contributed by atoms with van der Waals surface area (Å²) in [6.45, 7) is 0. The Hall–Kier alpha value is -3.02. The fourth-order valence-corrected chi connectivity index (χ4v) is 4.85. The Morgan fingerprint density at radius 1 is 1.07 bits per heavy atom. The Bertz CT molecular complexity index is 1140. The van der Waals surface area contributed by atoms with Crippen LogP contribution in [0.25, 0.3) is 0 Å². The third-order valence-corrected chi connectivity index (χ3v) is 6.42. The van der Waals surface area contributed by atoms with Gasteiger partial charge >= 0.3 is 0 Å². The molecule has 9 heteroatoms. The Morgan fingerprint density at radius 2 is 1.75 bits per heavy atom. The number of nitrogen functional groups attached to an aromatic ring is 1. The van der Waals surface area contributed by atoms with E-state index in [-0.39, 0.29) is 26.9 Å². The molecule has 0 radical (unpaired) electrons. The molecule has 0 aliphatic rings. The first-order valence-electron chi connectivity index (χ1n) is 7.84. The minimum absolute atomic E-state index is 0.0313. The molecule has 1 heterocycles. The van der Waals surface area contributed by atoms with E-state index < -0.39 is 32.3 Å². The average Bonchev–Trinajstić information content (AvgIpc) is 2.67. The van der Waals surface area contributed by atoms with Gasteiger partial charge in [0.2, 0.25) is 0 Å². The molecule has 142 valence electrons. The predicted octanol–water partition coefficient (Wildman–Crippen LogP) is 4.03. The van der Waals surface area contributed by atoms with Gasteiger partial charge in [0.25, 0.3) is 0 Å². The minimum atomic E-state index is -4.29. The highest BCUT2D eigenvalue weighted by molar-refractivity contribution is 7.92. The van der Waals surface area contributed by atoms with Gasteiger partial charge in [0.05, 0.1) is 21.6 Å². The van der Waals surface area contributed by atoms with Gasteiger partial charge in [-0.3, -0.25) is 0 Å². The molecule has 0 fully saturated rings. The summed E-state index contributed by atoms with van der Waals surface area (Å²) in [5.74, 6) is -1.76. The molecule has 2 aromatic carbocycles. The molecule has 3 rings (SSSR count). The van der Waals surface area contributed by atoms with Gasteiger partial charge in [0.15, 0.2) is 9.84 Å². The van der Waals surface area contributed by atoms with E-state index >= 15 is 0 Å². The van der Waals surface area contributed by atoms with Crippen molar-refractivity contribution in [3.8, 4) is 6.07 Å². The third kappa shape index (κ3) is 3.67.